The number of halogens is 1. The molecular weight excluding hydrogens is 398 g/mol. The molecule has 0 spiro atoms. The molecule has 0 saturated carbocycles. The number of nitrogens with one attached hydrogen (secondary N) is 1. The summed E-state index contributed by atoms with van der Waals surface area (Å²) in [5.41, 5.74) is 1.31. The molecule has 0 aliphatic rings. The Kier molecular flexibility index (Phi) is 7.60. The van der Waals surface area contributed by atoms with Gasteiger partial charge in [0.1, 0.15) is 0 Å². The van der Waals surface area contributed by atoms with Crippen molar-refractivity contribution in [1.82, 2.24) is 14.5 Å². The quantitative estimate of drug-likeness (QED) is 0.708. The highest BCUT2D eigenvalue weighted by Crippen LogP contribution is 2.22. The van der Waals surface area contributed by atoms with E-state index in [1.54, 1.807) is 0 Å². The van der Waals surface area contributed by atoms with Crippen molar-refractivity contribution in [3.63, 3.8) is 0 Å². The van der Waals surface area contributed by atoms with Crippen molar-refractivity contribution in [3.05, 3.63) is 64.7 Å². The number of hydrogen-bond acceptors (Lipinski definition) is 4. The van der Waals surface area contributed by atoms with Crippen LogP contribution in [0.3, 0.4) is 0 Å². The maximum Gasteiger partial charge on any atom is 0.252 e. The number of likely N-dealkylation sites (N-methyl/N-ethyl adjacent to an activating group) is 1. The van der Waals surface area contributed by atoms with E-state index in [4.69, 9.17) is 11.6 Å². The second kappa shape index (κ2) is 9.52. The van der Waals surface area contributed by atoms with Gasteiger partial charge in [0, 0.05) is 26.7 Å². The van der Waals surface area contributed by atoms with Crippen LogP contribution in [0.15, 0.2) is 53.4 Å². The maximum atomic E-state index is 12.7. The van der Waals surface area contributed by atoms with E-state index in [-0.39, 0.29) is 21.5 Å². The number of sulfonamides is 1. The Morgan fingerprint density at radius 1 is 1.07 bits per heavy atom. The minimum Gasteiger partial charge on any atom is -0.350 e. The molecule has 1 atom stereocenters. The van der Waals surface area contributed by atoms with Gasteiger partial charge in [-0.2, -0.15) is 0 Å². The number of carbonyl (C=O) groups excluding carboxylic acids is 1. The van der Waals surface area contributed by atoms with Crippen molar-refractivity contribution in [2.24, 2.45) is 0 Å². The summed E-state index contributed by atoms with van der Waals surface area (Å²) in [5.74, 6) is -0.402. The molecule has 2 aromatic rings. The number of rotatable bonds is 8. The van der Waals surface area contributed by atoms with E-state index in [1.807, 2.05) is 49.3 Å². The Bertz CT molecular complexity index is 916. The Balaban J connectivity index is 2.15. The first-order chi connectivity index (χ1) is 13.1. The molecule has 1 amide bonds. The van der Waals surface area contributed by atoms with E-state index in [0.29, 0.717) is 6.54 Å². The molecule has 0 aliphatic carbocycles. The van der Waals surface area contributed by atoms with E-state index in [0.717, 1.165) is 10.7 Å². The second-order valence-electron chi connectivity index (χ2n) is 6.95. The summed E-state index contributed by atoms with van der Waals surface area (Å²) in [6.45, 7) is 0.404. The van der Waals surface area contributed by atoms with Gasteiger partial charge in [0.25, 0.3) is 5.91 Å². The molecule has 2 rings (SSSR count). The summed E-state index contributed by atoms with van der Waals surface area (Å²) in [5, 5.41) is 3.08. The first-order valence-electron chi connectivity index (χ1n) is 8.83. The zero-order valence-corrected chi connectivity index (χ0v) is 18.1. The highest BCUT2D eigenvalue weighted by atomic mass is 35.5. The predicted molar refractivity (Wildman–Crippen MR) is 112 cm³/mol. The van der Waals surface area contributed by atoms with Crippen LogP contribution in [0.1, 0.15) is 15.9 Å². The van der Waals surface area contributed by atoms with Gasteiger partial charge >= 0.3 is 0 Å². The van der Waals surface area contributed by atoms with Crippen LogP contribution in [0.25, 0.3) is 0 Å². The monoisotopic (exact) mass is 423 g/mol. The molecule has 2 aromatic carbocycles. The first kappa shape index (κ1) is 22.4. The zero-order chi connectivity index (χ0) is 20.9. The summed E-state index contributed by atoms with van der Waals surface area (Å²) < 4.78 is 25.7. The maximum absolute atomic E-state index is 12.7. The molecule has 0 aliphatic heterocycles. The topological polar surface area (TPSA) is 69.7 Å². The molecule has 0 fully saturated rings. The van der Waals surface area contributed by atoms with E-state index < -0.39 is 15.9 Å². The molecule has 8 heteroatoms. The van der Waals surface area contributed by atoms with E-state index in [9.17, 15) is 13.2 Å². The Morgan fingerprint density at radius 2 is 1.71 bits per heavy atom. The fraction of sp³-hybridized carbons (Fsp3) is 0.350. The molecular formula is C20H26ClN3O3S. The summed E-state index contributed by atoms with van der Waals surface area (Å²) >= 11 is 6.15. The van der Waals surface area contributed by atoms with E-state index in [1.165, 1.54) is 37.9 Å². The fourth-order valence-electron chi connectivity index (χ4n) is 2.68. The summed E-state index contributed by atoms with van der Waals surface area (Å²) in [6, 6.07) is 14.2. The van der Waals surface area contributed by atoms with Gasteiger partial charge in [-0.05, 0) is 44.3 Å². The third-order valence-electron chi connectivity index (χ3n) is 4.50. The zero-order valence-electron chi connectivity index (χ0n) is 16.5. The number of amides is 1. The van der Waals surface area contributed by atoms with Crippen molar-refractivity contribution in [3.8, 4) is 0 Å². The van der Waals surface area contributed by atoms with Gasteiger partial charge in [0.05, 0.1) is 15.5 Å². The Labute approximate surface area is 172 Å². The van der Waals surface area contributed by atoms with Crippen LogP contribution in [0.5, 0.6) is 0 Å². The standard InChI is InChI=1S/C20H26ClN3O3S/c1-23(2)16(12-15-8-6-5-7-9-15)14-22-20(25)18-13-17(10-11-19(18)21)28(26,27)24(3)4/h5-11,13,16H,12,14H2,1-4H3,(H,22,25). The van der Waals surface area contributed by atoms with Crippen molar-refractivity contribution in [2.45, 2.75) is 17.4 Å². The first-order valence-corrected chi connectivity index (χ1v) is 10.7. The molecule has 0 saturated heterocycles. The number of carbonyl (C=O) groups is 1. The summed E-state index contributed by atoms with van der Waals surface area (Å²) in [7, 11) is 3.14. The van der Waals surface area contributed by atoms with Crippen LogP contribution < -0.4 is 5.32 Å². The Morgan fingerprint density at radius 3 is 2.29 bits per heavy atom. The van der Waals surface area contributed by atoms with Crippen LogP contribution >= 0.6 is 11.6 Å². The average molecular weight is 424 g/mol. The summed E-state index contributed by atoms with van der Waals surface area (Å²) in [6.07, 6.45) is 0.775. The van der Waals surface area contributed by atoms with E-state index in [2.05, 4.69) is 5.32 Å². The lowest BCUT2D eigenvalue weighted by Gasteiger charge is -2.25. The van der Waals surface area contributed by atoms with Gasteiger partial charge in [-0.15, -0.1) is 0 Å². The lowest BCUT2D eigenvalue weighted by atomic mass is 10.0. The van der Waals surface area contributed by atoms with Gasteiger partial charge < -0.3 is 10.2 Å². The molecule has 0 bridgehead atoms. The number of nitrogens with zero attached hydrogens (tertiary/aromatic N) is 2. The lowest BCUT2D eigenvalue weighted by molar-refractivity contribution is 0.0941. The highest BCUT2D eigenvalue weighted by Gasteiger charge is 2.21. The number of benzene rings is 2. The van der Waals surface area contributed by atoms with Gasteiger partial charge in [-0.25, -0.2) is 12.7 Å². The Hall–Kier alpha value is -1.93. The molecule has 1 N–H and O–H groups in total. The predicted octanol–water partition coefficient (Wildman–Crippen LogP) is 2.49. The number of hydrogen-bond donors (Lipinski definition) is 1. The van der Waals surface area contributed by atoms with Gasteiger partial charge in [-0.1, -0.05) is 41.9 Å². The van der Waals surface area contributed by atoms with Crippen LogP contribution in [0.4, 0.5) is 0 Å². The minimum atomic E-state index is -3.65. The van der Waals surface area contributed by atoms with Crippen LogP contribution in [0.2, 0.25) is 5.02 Å². The third kappa shape index (κ3) is 5.54. The van der Waals surface area contributed by atoms with Gasteiger partial charge in [0.2, 0.25) is 10.0 Å². The summed E-state index contributed by atoms with van der Waals surface area (Å²) in [4.78, 5) is 14.7. The van der Waals surface area contributed by atoms with Crippen molar-refractivity contribution >= 4 is 27.5 Å². The van der Waals surface area contributed by atoms with Crippen LogP contribution in [0, 0.1) is 0 Å². The van der Waals surface area contributed by atoms with Gasteiger partial charge in [-0.3, -0.25) is 4.79 Å². The third-order valence-corrected chi connectivity index (χ3v) is 6.64. The SMILES string of the molecule is CN(C)C(CNC(=O)c1cc(S(=O)(=O)N(C)C)ccc1Cl)Cc1ccccc1. The molecule has 0 radical (unpaired) electrons. The molecule has 28 heavy (non-hydrogen) atoms. The average Bonchev–Trinajstić information content (AvgIpc) is 2.65. The molecule has 0 aromatic heterocycles. The van der Waals surface area contributed by atoms with Gasteiger partial charge in [0.15, 0.2) is 0 Å². The molecule has 6 nitrogen and oxygen atoms in total. The van der Waals surface area contributed by atoms with E-state index >= 15 is 0 Å². The second-order valence-corrected chi connectivity index (χ2v) is 9.51. The van der Waals surface area contributed by atoms with Crippen molar-refractivity contribution in [1.29, 1.82) is 0 Å². The minimum absolute atomic E-state index is 0.0282. The lowest BCUT2D eigenvalue weighted by Crippen LogP contribution is -2.41. The van der Waals surface area contributed by atoms with Crippen molar-refractivity contribution in [2.75, 3.05) is 34.7 Å². The molecule has 1 unspecified atom stereocenters. The fourth-order valence-corrected chi connectivity index (χ4v) is 3.81. The molecule has 0 heterocycles. The highest BCUT2D eigenvalue weighted by molar-refractivity contribution is 7.89. The smallest absolute Gasteiger partial charge is 0.252 e. The van der Waals surface area contributed by atoms with Crippen LogP contribution in [-0.2, 0) is 16.4 Å². The molecule has 152 valence electrons. The largest absolute Gasteiger partial charge is 0.350 e. The van der Waals surface area contributed by atoms with Crippen LogP contribution in [-0.4, -0.2) is 64.3 Å². The van der Waals surface area contributed by atoms with Crippen molar-refractivity contribution < 1.29 is 13.2 Å². The normalized spacial score (nSPS) is 13.0.